The number of anilines is 1. The summed E-state index contributed by atoms with van der Waals surface area (Å²) in [7, 11) is 2.00. The summed E-state index contributed by atoms with van der Waals surface area (Å²) in [4.78, 5) is 33.0. The second-order valence-corrected chi connectivity index (χ2v) is 13.3. The minimum absolute atomic E-state index is 0.0297. The van der Waals surface area contributed by atoms with Crippen molar-refractivity contribution in [1.29, 1.82) is 0 Å². The van der Waals surface area contributed by atoms with E-state index < -0.39 is 0 Å². The van der Waals surface area contributed by atoms with Crippen LogP contribution in [0.25, 0.3) is 0 Å². The Kier molecular flexibility index (Phi) is 7.84. The average Bonchev–Trinajstić information content (AvgIpc) is 3.27. The molecule has 4 fully saturated rings. The molecule has 2 aromatic rings. The van der Waals surface area contributed by atoms with Crippen LogP contribution in [0.15, 0.2) is 48.5 Å². The Balaban J connectivity index is 1.10. The first kappa shape index (κ1) is 27.6. The summed E-state index contributed by atoms with van der Waals surface area (Å²) in [6.45, 7) is 6.50. The molecule has 2 heterocycles. The van der Waals surface area contributed by atoms with Gasteiger partial charge < -0.3 is 20.0 Å². The molecule has 2 amide bonds. The van der Waals surface area contributed by atoms with Gasteiger partial charge in [-0.2, -0.15) is 0 Å². The number of carbonyl (C=O) groups excluding carboxylic acids is 2. The Morgan fingerprint density at radius 3 is 2.55 bits per heavy atom. The zero-order valence-electron chi connectivity index (χ0n) is 23.9. The van der Waals surface area contributed by atoms with Crippen molar-refractivity contribution in [2.24, 2.45) is 17.8 Å². The predicted molar refractivity (Wildman–Crippen MR) is 160 cm³/mol. The Morgan fingerprint density at radius 1 is 1.07 bits per heavy atom. The van der Waals surface area contributed by atoms with Crippen LogP contribution < -0.4 is 10.2 Å². The lowest BCUT2D eigenvalue weighted by Crippen LogP contribution is -2.46. The number of benzene rings is 2. The lowest BCUT2D eigenvalue weighted by Gasteiger charge is -2.38. The van der Waals surface area contributed by atoms with E-state index in [4.69, 9.17) is 11.6 Å². The monoisotopic (exact) mass is 562 g/mol. The van der Waals surface area contributed by atoms with Crippen LogP contribution in [-0.2, 0) is 15.0 Å². The fourth-order valence-electron chi connectivity index (χ4n) is 7.84. The van der Waals surface area contributed by atoms with Crippen LogP contribution in [0.3, 0.4) is 0 Å². The lowest BCUT2D eigenvalue weighted by atomic mass is 9.87. The standard InChI is InChI=1S/C33H43ClN4O2/c1-23-7-5-12-29(17-23)38-22-35-31(39)30(38)24-13-15-37(16-14-24)20-27-19-33(27,26-10-6-11-28(34)18-26)21-36(2)32(40)25-8-3-4-9-25/h5-7,10-12,17-18,24-25,27,30H,3-4,8-9,13-16,19-22H2,1-2H3,(H,35,39)/t27-,30?,33+/m0/s1. The summed E-state index contributed by atoms with van der Waals surface area (Å²) in [5, 5.41) is 3.86. The summed E-state index contributed by atoms with van der Waals surface area (Å²) in [5.74, 6) is 1.53. The van der Waals surface area contributed by atoms with Gasteiger partial charge in [-0.25, -0.2) is 0 Å². The Hall–Kier alpha value is -2.57. The number of likely N-dealkylation sites (tertiary alicyclic amines) is 1. The quantitative estimate of drug-likeness (QED) is 0.479. The van der Waals surface area contributed by atoms with Crippen molar-refractivity contribution in [3.8, 4) is 0 Å². The van der Waals surface area contributed by atoms with Crippen molar-refractivity contribution in [1.82, 2.24) is 15.1 Å². The third-order valence-corrected chi connectivity index (χ3v) is 10.4. The molecule has 40 heavy (non-hydrogen) atoms. The third-order valence-electron chi connectivity index (χ3n) is 10.2. The highest BCUT2D eigenvalue weighted by molar-refractivity contribution is 6.30. The number of rotatable bonds is 8. The highest BCUT2D eigenvalue weighted by Gasteiger charge is 2.56. The molecule has 3 atom stereocenters. The summed E-state index contributed by atoms with van der Waals surface area (Å²) in [6.07, 6.45) is 7.55. The molecule has 2 aliphatic carbocycles. The predicted octanol–water partition coefficient (Wildman–Crippen LogP) is 5.23. The van der Waals surface area contributed by atoms with Crippen LogP contribution in [-0.4, -0.2) is 67.6 Å². The summed E-state index contributed by atoms with van der Waals surface area (Å²) < 4.78 is 0. The van der Waals surface area contributed by atoms with Crippen LogP contribution in [0.4, 0.5) is 5.69 Å². The van der Waals surface area contributed by atoms with E-state index in [1.807, 2.05) is 24.1 Å². The number of amides is 2. The average molecular weight is 563 g/mol. The van der Waals surface area contributed by atoms with E-state index in [9.17, 15) is 9.59 Å². The molecule has 7 heteroatoms. The van der Waals surface area contributed by atoms with Crippen molar-refractivity contribution in [2.75, 3.05) is 44.8 Å². The fraction of sp³-hybridized carbons (Fsp3) is 0.576. The van der Waals surface area contributed by atoms with Gasteiger partial charge in [0, 0.05) is 42.2 Å². The number of carbonyl (C=O) groups is 2. The van der Waals surface area contributed by atoms with E-state index >= 15 is 0 Å². The normalized spacial score (nSPS) is 27.7. The minimum atomic E-state index is -0.0920. The molecule has 2 aliphatic heterocycles. The van der Waals surface area contributed by atoms with Crippen LogP contribution in [0.5, 0.6) is 0 Å². The maximum Gasteiger partial charge on any atom is 0.244 e. The maximum absolute atomic E-state index is 13.2. The van der Waals surface area contributed by atoms with Crippen molar-refractivity contribution in [3.05, 3.63) is 64.7 Å². The van der Waals surface area contributed by atoms with Crippen molar-refractivity contribution in [3.63, 3.8) is 0 Å². The van der Waals surface area contributed by atoms with E-state index in [2.05, 4.69) is 58.4 Å². The lowest BCUT2D eigenvalue weighted by molar-refractivity contribution is -0.134. The summed E-state index contributed by atoms with van der Waals surface area (Å²) in [5.41, 5.74) is 3.58. The van der Waals surface area contributed by atoms with Gasteiger partial charge in [0.05, 0.1) is 6.67 Å². The van der Waals surface area contributed by atoms with Gasteiger partial charge in [-0.05, 0) is 99.3 Å². The smallest absolute Gasteiger partial charge is 0.244 e. The third kappa shape index (κ3) is 5.49. The second-order valence-electron chi connectivity index (χ2n) is 12.8. The van der Waals surface area contributed by atoms with Crippen LogP contribution in [0, 0.1) is 24.7 Å². The number of halogens is 1. The zero-order chi connectivity index (χ0) is 27.9. The number of hydrogen-bond donors (Lipinski definition) is 1. The zero-order valence-corrected chi connectivity index (χ0v) is 24.7. The van der Waals surface area contributed by atoms with Gasteiger partial charge in [-0.1, -0.05) is 48.7 Å². The molecular formula is C33H43ClN4O2. The van der Waals surface area contributed by atoms with Gasteiger partial charge in [0.2, 0.25) is 11.8 Å². The van der Waals surface area contributed by atoms with Gasteiger partial charge in [-0.15, -0.1) is 0 Å². The van der Waals surface area contributed by atoms with E-state index in [1.54, 1.807) is 0 Å². The van der Waals surface area contributed by atoms with E-state index in [0.717, 1.165) is 69.0 Å². The molecule has 2 saturated heterocycles. The van der Waals surface area contributed by atoms with Crippen molar-refractivity contribution >= 4 is 29.1 Å². The number of nitrogens with one attached hydrogen (secondary N) is 1. The molecule has 214 valence electrons. The SMILES string of the molecule is Cc1cccc(N2CNC(=O)C2C2CCN(C[C@@H]3C[C@@]3(CN(C)C(=O)C3CCCC3)c3cccc(Cl)c3)CC2)c1. The molecule has 0 aromatic heterocycles. The molecule has 2 saturated carbocycles. The molecular weight excluding hydrogens is 520 g/mol. The second kappa shape index (κ2) is 11.4. The van der Waals surface area contributed by atoms with Gasteiger partial charge in [0.15, 0.2) is 0 Å². The summed E-state index contributed by atoms with van der Waals surface area (Å²) in [6, 6.07) is 16.7. The van der Waals surface area contributed by atoms with Gasteiger partial charge in [-0.3, -0.25) is 9.59 Å². The first-order valence-electron chi connectivity index (χ1n) is 15.2. The summed E-state index contributed by atoms with van der Waals surface area (Å²) >= 11 is 6.45. The maximum atomic E-state index is 13.2. The molecule has 6 nitrogen and oxygen atoms in total. The van der Waals surface area contributed by atoms with Crippen molar-refractivity contribution in [2.45, 2.75) is 63.3 Å². The number of piperidine rings is 1. The molecule has 1 unspecified atom stereocenters. The Bertz CT molecular complexity index is 1240. The first-order valence-corrected chi connectivity index (χ1v) is 15.6. The van der Waals surface area contributed by atoms with Crippen LogP contribution >= 0.6 is 11.6 Å². The number of likely N-dealkylation sites (N-methyl/N-ethyl adjacent to an activating group) is 1. The van der Waals surface area contributed by atoms with Gasteiger partial charge >= 0.3 is 0 Å². The fourth-order valence-corrected chi connectivity index (χ4v) is 8.03. The van der Waals surface area contributed by atoms with Gasteiger partial charge in [0.1, 0.15) is 6.04 Å². The molecule has 0 bridgehead atoms. The number of nitrogens with zero attached hydrogens (tertiary/aromatic N) is 3. The van der Waals surface area contributed by atoms with E-state index in [0.29, 0.717) is 24.4 Å². The van der Waals surface area contributed by atoms with Gasteiger partial charge in [0.25, 0.3) is 0 Å². The minimum Gasteiger partial charge on any atom is -0.345 e. The molecule has 6 rings (SSSR count). The molecule has 1 N–H and O–H groups in total. The number of hydrogen-bond acceptors (Lipinski definition) is 4. The Labute approximate surface area is 244 Å². The highest BCUT2D eigenvalue weighted by atomic mass is 35.5. The molecule has 0 spiro atoms. The van der Waals surface area contributed by atoms with E-state index in [-0.39, 0.29) is 23.3 Å². The van der Waals surface area contributed by atoms with Crippen LogP contribution in [0.2, 0.25) is 5.02 Å². The largest absolute Gasteiger partial charge is 0.345 e. The van der Waals surface area contributed by atoms with Crippen LogP contribution in [0.1, 0.15) is 56.1 Å². The van der Waals surface area contributed by atoms with E-state index in [1.165, 1.54) is 24.0 Å². The Morgan fingerprint density at radius 2 is 1.82 bits per heavy atom. The highest BCUT2D eigenvalue weighted by Crippen LogP contribution is 2.55. The number of aryl methyl sites for hydroxylation is 1. The molecule has 2 aromatic carbocycles. The molecule has 0 radical (unpaired) electrons. The van der Waals surface area contributed by atoms with Crippen molar-refractivity contribution < 1.29 is 9.59 Å². The molecule has 4 aliphatic rings. The topological polar surface area (TPSA) is 55.9 Å². The first-order chi connectivity index (χ1) is 19.3.